The second-order valence-electron chi connectivity index (χ2n) is 6.03. The lowest BCUT2D eigenvalue weighted by atomic mass is 9.87. The molecule has 0 aliphatic heterocycles. The van der Waals surface area contributed by atoms with Crippen molar-refractivity contribution in [1.82, 2.24) is 10.2 Å². The molecule has 0 saturated heterocycles. The van der Waals surface area contributed by atoms with Gasteiger partial charge < -0.3 is 5.32 Å². The molecule has 0 unspecified atom stereocenters. The predicted molar refractivity (Wildman–Crippen MR) is 89.8 cm³/mol. The largest absolute Gasteiger partial charge is 0.352 e. The average Bonchev–Trinajstić information content (AvgIpc) is 2.86. The van der Waals surface area contributed by atoms with Crippen LogP contribution in [0.3, 0.4) is 0 Å². The van der Waals surface area contributed by atoms with E-state index in [4.69, 9.17) is 11.6 Å². The van der Waals surface area contributed by atoms with Gasteiger partial charge in [0.1, 0.15) is 0 Å². The fourth-order valence-corrected chi connectivity index (χ4v) is 3.95. The molecule has 1 fully saturated rings. The van der Waals surface area contributed by atoms with Gasteiger partial charge in [-0.25, -0.2) is 0 Å². The van der Waals surface area contributed by atoms with Crippen LogP contribution in [0.4, 0.5) is 0 Å². The minimum Gasteiger partial charge on any atom is -0.352 e. The van der Waals surface area contributed by atoms with Crippen LogP contribution in [-0.2, 0) is 11.3 Å². The van der Waals surface area contributed by atoms with E-state index in [1.165, 1.54) is 17.7 Å². The Balaban J connectivity index is 1.77. The quantitative estimate of drug-likeness (QED) is 0.858. The van der Waals surface area contributed by atoms with Crippen LogP contribution in [0.2, 0.25) is 4.34 Å². The summed E-state index contributed by atoms with van der Waals surface area (Å²) >= 11 is 7.54. The van der Waals surface area contributed by atoms with Gasteiger partial charge in [0, 0.05) is 17.5 Å². The molecule has 0 spiro atoms. The molecule has 0 aromatic carbocycles. The zero-order chi connectivity index (χ0) is 15.2. The zero-order valence-corrected chi connectivity index (χ0v) is 14.5. The summed E-state index contributed by atoms with van der Waals surface area (Å²) in [7, 11) is 0. The SMILES string of the molecule is CCN(CC(=O)NC1CCC(C)CC1)Cc1ccc(Cl)s1. The molecule has 1 aliphatic rings. The third-order valence-corrected chi connectivity index (χ3v) is 5.42. The molecule has 118 valence electrons. The monoisotopic (exact) mass is 328 g/mol. The van der Waals surface area contributed by atoms with Crippen LogP contribution in [0.1, 0.15) is 44.4 Å². The number of rotatable bonds is 6. The number of thiophene rings is 1. The lowest BCUT2D eigenvalue weighted by Crippen LogP contribution is -2.43. The van der Waals surface area contributed by atoms with E-state index in [0.717, 1.165) is 36.2 Å². The first-order valence-corrected chi connectivity index (χ1v) is 9.02. The second kappa shape index (κ2) is 8.16. The van der Waals surface area contributed by atoms with Gasteiger partial charge in [-0.05, 0) is 50.3 Å². The molecule has 1 aromatic rings. The minimum atomic E-state index is 0.152. The number of nitrogens with zero attached hydrogens (tertiary/aromatic N) is 1. The van der Waals surface area contributed by atoms with Crippen molar-refractivity contribution in [2.45, 2.75) is 52.1 Å². The number of likely N-dealkylation sites (N-methyl/N-ethyl adjacent to an activating group) is 1. The molecular weight excluding hydrogens is 304 g/mol. The number of carbonyl (C=O) groups is 1. The lowest BCUT2D eigenvalue weighted by Gasteiger charge is -2.28. The van der Waals surface area contributed by atoms with E-state index < -0.39 is 0 Å². The first-order chi connectivity index (χ1) is 10.1. The Hall–Kier alpha value is -0.580. The Bertz CT molecular complexity index is 455. The second-order valence-corrected chi connectivity index (χ2v) is 7.83. The van der Waals surface area contributed by atoms with Crippen LogP contribution in [0, 0.1) is 5.92 Å². The summed E-state index contributed by atoms with van der Waals surface area (Å²) in [6.07, 6.45) is 4.71. The highest BCUT2D eigenvalue weighted by Crippen LogP contribution is 2.24. The third-order valence-electron chi connectivity index (χ3n) is 4.20. The molecule has 1 saturated carbocycles. The van der Waals surface area contributed by atoms with E-state index in [1.807, 2.05) is 12.1 Å². The summed E-state index contributed by atoms with van der Waals surface area (Å²) in [5.41, 5.74) is 0. The number of amides is 1. The molecule has 1 N–H and O–H groups in total. The Kier molecular flexibility index (Phi) is 6.52. The molecule has 21 heavy (non-hydrogen) atoms. The van der Waals surface area contributed by atoms with Gasteiger partial charge in [0.25, 0.3) is 0 Å². The van der Waals surface area contributed by atoms with Gasteiger partial charge in [0.15, 0.2) is 0 Å². The van der Waals surface area contributed by atoms with E-state index in [9.17, 15) is 4.79 Å². The molecule has 1 heterocycles. The highest BCUT2D eigenvalue weighted by atomic mass is 35.5. The Morgan fingerprint density at radius 3 is 2.67 bits per heavy atom. The van der Waals surface area contributed by atoms with E-state index in [0.29, 0.717) is 12.6 Å². The smallest absolute Gasteiger partial charge is 0.234 e. The topological polar surface area (TPSA) is 32.3 Å². The van der Waals surface area contributed by atoms with Crippen LogP contribution < -0.4 is 5.32 Å². The Morgan fingerprint density at radius 2 is 2.10 bits per heavy atom. The first-order valence-electron chi connectivity index (χ1n) is 7.82. The first kappa shape index (κ1) is 16.8. The standard InChI is InChI=1S/C16H25ClN2OS/c1-3-19(10-14-8-9-15(17)21-14)11-16(20)18-13-6-4-12(2)5-7-13/h8-9,12-13H,3-7,10-11H2,1-2H3,(H,18,20). The number of halogens is 1. The van der Waals surface area contributed by atoms with Gasteiger partial charge in [0.05, 0.1) is 10.9 Å². The highest BCUT2D eigenvalue weighted by Gasteiger charge is 2.20. The van der Waals surface area contributed by atoms with Crippen molar-refractivity contribution in [3.05, 3.63) is 21.3 Å². The van der Waals surface area contributed by atoms with E-state index >= 15 is 0 Å². The van der Waals surface area contributed by atoms with Crippen LogP contribution in [0.5, 0.6) is 0 Å². The molecule has 2 rings (SSSR count). The van der Waals surface area contributed by atoms with Crippen molar-refractivity contribution in [2.75, 3.05) is 13.1 Å². The molecule has 1 aromatic heterocycles. The Labute approximate surface area is 136 Å². The average molecular weight is 329 g/mol. The lowest BCUT2D eigenvalue weighted by molar-refractivity contribution is -0.123. The minimum absolute atomic E-state index is 0.152. The van der Waals surface area contributed by atoms with Gasteiger partial charge in [-0.2, -0.15) is 0 Å². The maximum absolute atomic E-state index is 12.2. The highest BCUT2D eigenvalue weighted by molar-refractivity contribution is 7.16. The fraction of sp³-hybridized carbons (Fsp3) is 0.688. The molecule has 0 bridgehead atoms. The van der Waals surface area contributed by atoms with Crippen LogP contribution in [-0.4, -0.2) is 29.9 Å². The van der Waals surface area contributed by atoms with Crippen molar-refractivity contribution in [2.24, 2.45) is 5.92 Å². The van der Waals surface area contributed by atoms with Gasteiger partial charge >= 0.3 is 0 Å². The van der Waals surface area contributed by atoms with Crippen molar-refractivity contribution >= 4 is 28.8 Å². The molecule has 1 amide bonds. The Morgan fingerprint density at radius 1 is 1.38 bits per heavy atom. The van der Waals surface area contributed by atoms with Crippen LogP contribution >= 0.6 is 22.9 Å². The summed E-state index contributed by atoms with van der Waals surface area (Å²) in [5.74, 6) is 0.966. The predicted octanol–water partition coefficient (Wildman–Crippen LogP) is 3.92. The molecule has 1 aliphatic carbocycles. The molecule has 0 atom stereocenters. The molecule has 5 heteroatoms. The van der Waals surface area contributed by atoms with Crippen molar-refractivity contribution < 1.29 is 4.79 Å². The van der Waals surface area contributed by atoms with Crippen molar-refractivity contribution in [3.63, 3.8) is 0 Å². The summed E-state index contributed by atoms with van der Waals surface area (Å²) in [6, 6.07) is 4.33. The fourth-order valence-electron chi connectivity index (χ4n) is 2.82. The van der Waals surface area contributed by atoms with Crippen molar-refractivity contribution in [1.29, 1.82) is 0 Å². The summed E-state index contributed by atoms with van der Waals surface area (Å²) < 4.78 is 0.807. The zero-order valence-electron chi connectivity index (χ0n) is 12.9. The molecule has 3 nitrogen and oxygen atoms in total. The summed E-state index contributed by atoms with van der Waals surface area (Å²) in [5, 5.41) is 3.19. The maximum Gasteiger partial charge on any atom is 0.234 e. The van der Waals surface area contributed by atoms with E-state index in [-0.39, 0.29) is 5.91 Å². The number of carbonyl (C=O) groups excluding carboxylic acids is 1. The summed E-state index contributed by atoms with van der Waals surface area (Å²) in [6.45, 7) is 6.51. The van der Waals surface area contributed by atoms with Crippen molar-refractivity contribution in [3.8, 4) is 0 Å². The van der Waals surface area contributed by atoms with Gasteiger partial charge in [-0.3, -0.25) is 9.69 Å². The van der Waals surface area contributed by atoms with Gasteiger partial charge in [-0.1, -0.05) is 25.4 Å². The molecule has 0 radical (unpaired) electrons. The van der Waals surface area contributed by atoms with E-state index in [1.54, 1.807) is 11.3 Å². The normalized spacial score (nSPS) is 22.5. The van der Waals surface area contributed by atoms with E-state index in [2.05, 4.69) is 24.1 Å². The van der Waals surface area contributed by atoms with Gasteiger partial charge in [-0.15, -0.1) is 11.3 Å². The van der Waals surface area contributed by atoms with Crippen LogP contribution in [0.25, 0.3) is 0 Å². The third kappa shape index (κ3) is 5.61. The number of hydrogen-bond donors (Lipinski definition) is 1. The number of hydrogen-bond acceptors (Lipinski definition) is 3. The maximum atomic E-state index is 12.2. The van der Waals surface area contributed by atoms with Gasteiger partial charge in [0.2, 0.25) is 5.91 Å². The number of nitrogens with one attached hydrogen (secondary N) is 1. The van der Waals surface area contributed by atoms with Crippen LogP contribution in [0.15, 0.2) is 12.1 Å². The molecular formula is C16H25ClN2OS. The summed E-state index contributed by atoms with van der Waals surface area (Å²) in [4.78, 5) is 15.5.